The van der Waals surface area contributed by atoms with E-state index in [1.807, 2.05) is 26.0 Å². The molecule has 0 saturated carbocycles. The summed E-state index contributed by atoms with van der Waals surface area (Å²) in [5.74, 6) is -0.283. The predicted molar refractivity (Wildman–Crippen MR) is 109 cm³/mol. The number of hydrogen-bond acceptors (Lipinski definition) is 4. The zero-order chi connectivity index (χ0) is 20.0. The third kappa shape index (κ3) is 6.23. The van der Waals surface area contributed by atoms with Gasteiger partial charge in [0.05, 0.1) is 0 Å². The van der Waals surface area contributed by atoms with Crippen molar-refractivity contribution in [3.63, 3.8) is 0 Å². The van der Waals surface area contributed by atoms with Gasteiger partial charge in [-0.05, 0) is 74.4 Å². The molecule has 0 aliphatic heterocycles. The Morgan fingerprint density at radius 3 is 2.48 bits per heavy atom. The first-order valence-corrected chi connectivity index (χ1v) is 8.95. The number of halogens is 1. The fraction of sp³-hybridized carbons (Fsp3) is 0.211. The van der Waals surface area contributed by atoms with Crippen molar-refractivity contribution in [2.45, 2.75) is 26.9 Å². The third-order valence-corrected chi connectivity index (χ3v) is 4.21. The zero-order valence-corrected chi connectivity index (χ0v) is 16.7. The van der Waals surface area contributed by atoms with Gasteiger partial charge in [-0.1, -0.05) is 23.7 Å². The van der Waals surface area contributed by atoms with Crippen LogP contribution < -0.4 is 20.9 Å². The van der Waals surface area contributed by atoms with Gasteiger partial charge in [-0.3, -0.25) is 25.8 Å². The standard InChI is InChI=1S/C19H20ClN3O3S/c1-11-7-8-16(9-12(11)2)26-13(3)17(24)22-23-19(27)21-18(25)14-5-4-6-15(20)10-14/h4-10,13H,1-3H3,(H,22,24)(H2,21,23,25,27). The summed E-state index contributed by atoms with van der Waals surface area (Å²) in [7, 11) is 0. The molecule has 1 unspecified atom stereocenters. The Balaban J connectivity index is 1.82. The van der Waals surface area contributed by atoms with Crippen LogP contribution >= 0.6 is 23.8 Å². The van der Waals surface area contributed by atoms with Crippen LogP contribution in [-0.2, 0) is 4.79 Å². The van der Waals surface area contributed by atoms with E-state index in [0.29, 0.717) is 16.3 Å². The van der Waals surface area contributed by atoms with Gasteiger partial charge in [0.15, 0.2) is 11.2 Å². The normalized spacial score (nSPS) is 11.3. The lowest BCUT2D eigenvalue weighted by Gasteiger charge is -2.17. The van der Waals surface area contributed by atoms with Gasteiger partial charge < -0.3 is 4.74 Å². The minimum absolute atomic E-state index is 0.0493. The van der Waals surface area contributed by atoms with Crippen molar-refractivity contribution in [3.05, 3.63) is 64.2 Å². The van der Waals surface area contributed by atoms with Crippen molar-refractivity contribution in [2.24, 2.45) is 0 Å². The Morgan fingerprint density at radius 1 is 1.07 bits per heavy atom. The number of hydrogen-bond donors (Lipinski definition) is 3. The summed E-state index contributed by atoms with van der Waals surface area (Å²) < 4.78 is 5.61. The van der Waals surface area contributed by atoms with E-state index in [-0.39, 0.29) is 5.11 Å². The lowest BCUT2D eigenvalue weighted by Crippen LogP contribution is -2.51. The number of hydrazine groups is 1. The number of rotatable bonds is 4. The molecule has 0 fully saturated rings. The Labute approximate surface area is 168 Å². The summed E-state index contributed by atoms with van der Waals surface area (Å²) in [6.45, 7) is 5.58. The topological polar surface area (TPSA) is 79.5 Å². The van der Waals surface area contributed by atoms with Gasteiger partial charge in [0.2, 0.25) is 0 Å². The van der Waals surface area contributed by atoms with E-state index < -0.39 is 17.9 Å². The van der Waals surface area contributed by atoms with Crippen LogP contribution in [0.25, 0.3) is 0 Å². The predicted octanol–water partition coefficient (Wildman–Crippen LogP) is 3.06. The van der Waals surface area contributed by atoms with E-state index in [2.05, 4.69) is 16.2 Å². The molecule has 142 valence electrons. The first-order valence-electron chi connectivity index (χ1n) is 8.17. The maximum Gasteiger partial charge on any atom is 0.279 e. The van der Waals surface area contributed by atoms with Gasteiger partial charge in [0.25, 0.3) is 11.8 Å². The van der Waals surface area contributed by atoms with E-state index in [0.717, 1.165) is 11.1 Å². The average Bonchev–Trinajstić information content (AvgIpc) is 2.62. The van der Waals surface area contributed by atoms with Crippen LogP contribution in [0.5, 0.6) is 5.75 Å². The van der Waals surface area contributed by atoms with Crippen LogP contribution in [0.1, 0.15) is 28.4 Å². The van der Waals surface area contributed by atoms with Crippen molar-refractivity contribution >= 4 is 40.7 Å². The Bertz CT molecular complexity index is 873. The molecule has 0 aliphatic carbocycles. The maximum atomic E-state index is 12.1. The SMILES string of the molecule is Cc1ccc(OC(C)C(=O)NNC(=S)NC(=O)c2cccc(Cl)c2)cc1C. The lowest BCUT2D eigenvalue weighted by atomic mass is 10.1. The Kier molecular flexibility index (Phi) is 7.15. The van der Waals surface area contributed by atoms with E-state index in [9.17, 15) is 9.59 Å². The number of carbonyl (C=O) groups excluding carboxylic acids is 2. The van der Waals surface area contributed by atoms with E-state index in [4.69, 9.17) is 28.6 Å². The summed E-state index contributed by atoms with van der Waals surface area (Å²) in [5, 5.41) is 2.84. The second-order valence-corrected chi connectivity index (χ2v) is 6.76. The molecular weight excluding hydrogens is 386 g/mol. The van der Waals surface area contributed by atoms with Crippen LogP contribution in [-0.4, -0.2) is 23.0 Å². The van der Waals surface area contributed by atoms with Crippen LogP contribution in [0.15, 0.2) is 42.5 Å². The summed E-state index contributed by atoms with van der Waals surface area (Å²) in [4.78, 5) is 24.2. The van der Waals surface area contributed by atoms with Crippen molar-refractivity contribution in [1.82, 2.24) is 16.2 Å². The molecule has 8 heteroatoms. The van der Waals surface area contributed by atoms with Crippen molar-refractivity contribution in [3.8, 4) is 5.75 Å². The van der Waals surface area contributed by atoms with Gasteiger partial charge in [-0.2, -0.15) is 0 Å². The van der Waals surface area contributed by atoms with E-state index in [1.54, 1.807) is 31.2 Å². The van der Waals surface area contributed by atoms with E-state index >= 15 is 0 Å². The minimum Gasteiger partial charge on any atom is -0.481 e. The first kappa shape index (κ1) is 20.7. The molecule has 0 bridgehead atoms. The van der Waals surface area contributed by atoms with E-state index in [1.165, 1.54) is 6.07 Å². The second-order valence-electron chi connectivity index (χ2n) is 5.91. The molecule has 0 spiro atoms. The number of thiocarbonyl (C=S) groups is 1. The Hall–Kier alpha value is -2.64. The van der Waals surface area contributed by atoms with Gasteiger partial charge in [-0.15, -0.1) is 0 Å². The summed E-state index contributed by atoms with van der Waals surface area (Å²) in [6, 6.07) is 12.0. The van der Waals surface area contributed by atoms with Crippen molar-refractivity contribution < 1.29 is 14.3 Å². The third-order valence-electron chi connectivity index (χ3n) is 3.77. The molecule has 2 amide bonds. The largest absolute Gasteiger partial charge is 0.481 e. The average molecular weight is 406 g/mol. The number of carbonyl (C=O) groups is 2. The molecule has 2 rings (SSSR count). The molecule has 3 N–H and O–H groups in total. The highest BCUT2D eigenvalue weighted by Crippen LogP contribution is 2.17. The van der Waals surface area contributed by atoms with Crippen molar-refractivity contribution in [1.29, 1.82) is 0 Å². The number of ether oxygens (including phenoxy) is 1. The highest BCUT2D eigenvalue weighted by Gasteiger charge is 2.16. The molecule has 6 nitrogen and oxygen atoms in total. The quantitative estimate of drug-likeness (QED) is 0.538. The summed E-state index contributed by atoms with van der Waals surface area (Å²) in [6.07, 6.45) is -0.758. The Morgan fingerprint density at radius 2 is 1.81 bits per heavy atom. The number of amides is 2. The van der Waals surface area contributed by atoms with Crippen LogP contribution in [0.4, 0.5) is 0 Å². The summed E-state index contributed by atoms with van der Waals surface area (Å²) in [5.41, 5.74) is 7.44. The van der Waals surface area contributed by atoms with Crippen LogP contribution in [0, 0.1) is 13.8 Å². The van der Waals surface area contributed by atoms with Gasteiger partial charge in [-0.25, -0.2) is 0 Å². The van der Waals surface area contributed by atoms with Gasteiger partial charge in [0.1, 0.15) is 5.75 Å². The molecular formula is C19H20ClN3O3S. The fourth-order valence-electron chi connectivity index (χ4n) is 2.10. The smallest absolute Gasteiger partial charge is 0.279 e. The number of aryl methyl sites for hydroxylation is 2. The highest BCUT2D eigenvalue weighted by molar-refractivity contribution is 7.80. The molecule has 0 aliphatic rings. The molecule has 0 saturated heterocycles. The van der Waals surface area contributed by atoms with Gasteiger partial charge >= 0.3 is 0 Å². The fourth-order valence-corrected chi connectivity index (χ4v) is 2.44. The minimum atomic E-state index is -0.758. The molecule has 2 aromatic rings. The zero-order valence-electron chi connectivity index (χ0n) is 15.1. The molecule has 0 heterocycles. The van der Waals surface area contributed by atoms with Crippen LogP contribution in [0.2, 0.25) is 5.02 Å². The monoisotopic (exact) mass is 405 g/mol. The molecule has 1 atom stereocenters. The lowest BCUT2D eigenvalue weighted by molar-refractivity contribution is -0.127. The molecule has 2 aromatic carbocycles. The second kappa shape index (κ2) is 9.34. The van der Waals surface area contributed by atoms with Gasteiger partial charge in [0, 0.05) is 10.6 Å². The maximum absolute atomic E-state index is 12.1. The molecule has 0 radical (unpaired) electrons. The number of nitrogens with one attached hydrogen (secondary N) is 3. The molecule has 0 aromatic heterocycles. The summed E-state index contributed by atoms with van der Waals surface area (Å²) >= 11 is 10.8. The van der Waals surface area contributed by atoms with Crippen LogP contribution in [0.3, 0.4) is 0 Å². The first-order chi connectivity index (χ1) is 12.8. The highest BCUT2D eigenvalue weighted by atomic mass is 35.5. The molecule has 27 heavy (non-hydrogen) atoms. The number of benzene rings is 2. The van der Waals surface area contributed by atoms with Crippen molar-refractivity contribution in [2.75, 3.05) is 0 Å².